The molecule has 5 heteroatoms. The Kier molecular flexibility index (Phi) is 2.74. The minimum atomic E-state index is -0.316. The molecule has 1 aromatic heterocycles. The summed E-state index contributed by atoms with van der Waals surface area (Å²) in [7, 11) is 1.78. The second-order valence-corrected chi connectivity index (χ2v) is 6.14. The van der Waals surface area contributed by atoms with Crippen molar-refractivity contribution in [2.45, 2.75) is 0 Å². The summed E-state index contributed by atoms with van der Waals surface area (Å²) in [5.41, 5.74) is 1.86. The van der Waals surface area contributed by atoms with Crippen LogP contribution in [-0.2, 0) is 11.8 Å². The lowest BCUT2D eigenvalue weighted by Crippen LogP contribution is -2.22. The van der Waals surface area contributed by atoms with Gasteiger partial charge in [-0.2, -0.15) is 0 Å². The summed E-state index contributed by atoms with van der Waals surface area (Å²) < 4.78 is 2.57. The Balaban J connectivity index is 2.22. The summed E-state index contributed by atoms with van der Waals surface area (Å²) in [6, 6.07) is 13.1. The van der Waals surface area contributed by atoms with Crippen LogP contribution in [0.15, 0.2) is 51.9 Å². The second kappa shape index (κ2) is 4.55. The van der Waals surface area contributed by atoms with Crippen LogP contribution in [0.1, 0.15) is 5.56 Å². The third-order valence-corrected chi connectivity index (χ3v) is 4.48. The Morgan fingerprint density at radius 3 is 2.77 bits per heavy atom. The number of hydrogen-bond acceptors (Lipinski definition) is 2. The van der Waals surface area contributed by atoms with Crippen molar-refractivity contribution in [2.75, 3.05) is 0 Å². The molecule has 4 rings (SSSR count). The average Bonchev–Trinajstić information content (AvgIpc) is 2.94. The molecule has 1 amide bonds. The van der Waals surface area contributed by atoms with E-state index in [4.69, 9.17) is 0 Å². The van der Waals surface area contributed by atoms with E-state index in [2.05, 4.69) is 20.9 Å². The largest absolute Gasteiger partial charge is 0.494 e. The van der Waals surface area contributed by atoms with Crippen LogP contribution < -0.4 is 10.6 Å². The highest BCUT2D eigenvalue weighted by atomic mass is 79.9. The van der Waals surface area contributed by atoms with Gasteiger partial charge in [0.15, 0.2) is 5.88 Å². The van der Waals surface area contributed by atoms with E-state index < -0.39 is 0 Å². The number of hydrogen-bond donors (Lipinski definition) is 1. The number of carbonyl (C=O) groups excluding carboxylic acids is 1. The van der Waals surface area contributed by atoms with Gasteiger partial charge in [0, 0.05) is 22.1 Å². The van der Waals surface area contributed by atoms with Crippen LogP contribution in [0.5, 0.6) is 5.88 Å². The molecule has 2 heterocycles. The third-order valence-electron chi connectivity index (χ3n) is 3.99. The monoisotopic (exact) mass is 354 g/mol. The second-order valence-electron chi connectivity index (χ2n) is 5.23. The fraction of sp³-hybridized carbons (Fsp3) is 0.0588. The van der Waals surface area contributed by atoms with Crippen LogP contribution in [0, 0.1) is 0 Å². The van der Waals surface area contributed by atoms with Gasteiger partial charge in [-0.3, -0.25) is 4.79 Å². The van der Waals surface area contributed by atoms with Gasteiger partial charge in [-0.25, -0.2) is 4.99 Å². The number of fused-ring (bicyclic) bond motifs is 2. The third kappa shape index (κ3) is 1.69. The molecule has 2 aromatic carbocycles. The maximum Gasteiger partial charge on any atom is 0.279 e. The van der Waals surface area contributed by atoms with Gasteiger partial charge < -0.3 is 9.67 Å². The molecule has 4 nitrogen and oxygen atoms in total. The fourth-order valence-corrected chi connectivity index (χ4v) is 3.32. The predicted molar refractivity (Wildman–Crippen MR) is 87.0 cm³/mol. The number of benzene rings is 2. The van der Waals surface area contributed by atoms with Crippen molar-refractivity contribution in [2.24, 2.45) is 12.0 Å². The first-order valence-corrected chi connectivity index (χ1v) is 7.57. The van der Waals surface area contributed by atoms with E-state index >= 15 is 0 Å². The van der Waals surface area contributed by atoms with Crippen molar-refractivity contribution in [3.63, 3.8) is 0 Å². The van der Waals surface area contributed by atoms with Gasteiger partial charge in [0.1, 0.15) is 0 Å². The van der Waals surface area contributed by atoms with Gasteiger partial charge in [-0.05, 0) is 24.3 Å². The van der Waals surface area contributed by atoms with E-state index in [0.29, 0.717) is 16.5 Å². The molecule has 0 radical (unpaired) electrons. The van der Waals surface area contributed by atoms with Crippen molar-refractivity contribution in [1.29, 1.82) is 0 Å². The van der Waals surface area contributed by atoms with Crippen LogP contribution in [-0.4, -0.2) is 15.6 Å². The van der Waals surface area contributed by atoms with Crippen LogP contribution in [0.2, 0.25) is 0 Å². The van der Waals surface area contributed by atoms with Crippen LogP contribution >= 0.6 is 15.9 Å². The molecule has 0 atom stereocenters. The maximum atomic E-state index is 12.4. The van der Waals surface area contributed by atoms with Gasteiger partial charge >= 0.3 is 0 Å². The first kappa shape index (κ1) is 13.3. The molecule has 0 bridgehead atoms. The molecule has 0 saturated heterocycles. The van der Waals surface area contributed by atoms with Gasteiger partial charge in [0.2, 0.25) is 0 Å². The molecule has 0 aliphatic carbocycles. The number of para-hydroxylation sites is 1. The number of aromatic hydroxyl groups is 1. The topological polar surface area (TPSA) is 54.6 Å². The SMILES string of the molecule is Cn1c(O)c(C2=c3ccccc3=NC2=O)c2cc(Br)ccc21. The summed E-state index contributed by atoms with van der Waals surface area (Å²) >= 11 is 3.45. The molecule has 0 saturated carbocycles. The number of amides is 1. The molecule has 0 fully saturated rings. The number of nitrogens with zero attached hydrogens (tertiary/aromatic N) is 2. The molecule has 22 heavy (non-hydrogen) atoms. The Morgan fingerprint density at radius 2 is 1.95 bits per heavy atom. The average molecular weight is 355 g/mol. The molecule has 1 aliphatic heterocycles. The van der Waals surface area contributed by atoms with Gasteiger partial charge in [0.05, 0.1) is 22.0 Å². The van der Waals surface area contributed by atoms with Crippen LogP contribution in [0.3, 0.4) is 0 Å². The molecule has 3 aromatic rings. The van der Waals surface area contributed by atoms with Crippen LogP contribution in [0.4, 0.5) is 0 Å². The van der Waals surface area contributed by atoms with Crippen molar-refractivity contribution in [3.05, 3.63) is 63.1 Å². The maximum absolute atomic E-state index is 12.4. The quantitative estimate of drug-likeness (QED) is 0.726. The number of rotatable bonds is 1. The molecule has 0 unspecified atom stereocenters. The molecule has 108 valence electrons. The summed E-state index contributed by atoms with van der Waals surface area (Å²) in [6.07, 6.45) is 0. The summed E-state index contributed by atoms with van der Waals surface area (Å²) in [5.74, 6) is -0.243. The van der Waals surface area contributed by atoms with E-state index in [1.54, 1.807) is 17.7 Å². The Morgan fingerprint density at radius 1 is 1.18 bits per heavy atom. The predicted octanol–water partition coefficient (Wildman–Crippen LogP) is 2.01. The standard InChI is InChI=1S/C17H11BrN2O2/c1-20-13-7-6-9(18)8-11(13)15(17(20)22)14-10-4-2-3-5-12(10)19-16(14)21/h2-8,22H,1H3. The van der Waals surface area contributed by atoms with E-state index in [0.717, 1.165) is 20.6 Å². The highest BCUT2D eigenvalue weighted by molar-refractivity contribution is 9.10. The summed E-state index contributed by atoms with van der Waals surface area (Å²) in [4.78, 5) is 16.5. The van der Waals surface area contributed by atoms with E-state index in [1.807, 2.05) is 36.4 Å². The van der Waals surface area contributed by atoms with E-state index in [1.165, 1.54) is 0 Å². The van der Waals surface area contributed by atoms with E-state index in [9.17, 15) is 9.90 Å². The minimum absolute atomic E-state index is 0.0725. The molecule has 1 aliphatic rings. The normalized spacial score (nSPS) is 13.5. The van der Waals surface area contributed by atoms with Crippen LogP contribution in [0.25, 0.3) is 16.5 Å². The number of halogens is 1. The zero-order valence-electron chi connectivity index (χ0n) is 11.7. The van der Waals surface area contributed by atoms with Crippen molar-refractivity contribution in [3.8, 4) is 5.88 Å². The van der Waals surface area contributed by atoms with Gasteiger partial charge in [-0.15, -0.1) is 0 Å². The first-order chi connectivity index (χ1) is 10.6. The van der Waals surface area contributed by atoms with Gasteiger partial charge in [0.25, 0.3) is 5.91 Å². The Labute approximate surface area is 134 Å². The molecular formula is C17H11BrN2O2. The molecule has 1 N–H and O–H groups in total. The Bertz CT molecular complexity index is 1080. The smallest absolute Gasteiger partial charge is 0.279 e. The van der Waals surface area contributed by atoms with Gasteiger partial charge in [-0.1, -0.05) is 34.1 Å². The minimum Gasteiger partial charge on any atom is -0.494 e. The lowest BCUT2D eigenvalue weighted by atomic mass is 10.0. The first-order valence-electron chi connectivity index (χ1n) is 6.77. The highest BCUT2D eigenvalue weighted by Crippen LogP contribution is 2.36. The number of carbonyl (C=O) groups is 1. The zero-order chi connectivity index (χ0) is 15.4. The lowest BCUT2D eigenvalue weighted by molar-refractivity contribution is -0.112. The fourth-order valence-electron chi connectivity index (χ4n) is 2.95. The number of aryl methyl sites for hydroxylation is 1. The zero-order valence-corrected chi connectivity index (χ0v) is 13.3. The highest BCUT2D eigenvalue weighted by Gasteiger charge is 2.26. The van der Waals surface area contributed by atoms with Crippen molar-refractivity contribution >= 4 is 38.3 Å². The van der Waals surface area contributed by atoms with Crippen molar-refractivity contribution < 1.29 is 9.90 Å². The Hall–Kier alpha value is -2.40. The lowest BCUT2D eigenvalue weighted by Gasteiger charge is -2.01. The molecular weight excluding hydrogens is 344 g/mol. The summed E-state index contributed by atoms with van der Waals surface area (Å²) in [5, 5.41) is 12.8. The van der Waals surface area contributed by atoms with E-state index in [-0.39, 0.29) is 11.8 Å². The number of aromatic nitrogens is 1. The summed E-state index contributed by atoms with van der Waals surface area (Å²) in [6.45, 7) is 0. The molecule has 0 spiro atoms. The van der Waals surface area contributed by atoms with Crippen molar-refractivity contribution in [1.82, 2.24) is 4.57 Å².